The van der Waals surface area contributed by atoms with Crippen LogP contribution in [0.25, 0.3) is 22.2 Å². The highest BCUT2D eigenvalue weighted by atomic mass is 35.5. The van der Waals surface area contributed by atoms with E-state index in [9.17, 15) is 9.59 Å². The molecule has 1 atom stereocenters. The van der Waals surface area contributed by atoms with E-state index in [0.29, 0.717) is 32.0 Å². The molecule has 2 heterocycles. The highest BCUT2D eigenvalue weighted by Gasteiger charge is 2.30. The third-order valence-electron chi connectivity index (χ3n) is 7.14. The van der Waals surface area contributed by atoms with Crippen molar-refractivity contribution >= 4 is 62.4 Å². The van der Waals surface area contributed by atoms with Crippen LogP contribution < -0.4 is 5.32 Å². The summed E-state index contributed by atoms with van der Waals surface area (Å²) in [6.07, 6.45) is 3.45. The molecule has 206 valence electrons. The highest BCUT2D eigenvalue weighted by Crippen LogP contribution is 2.33. The third kappa shape index (κ3) is 5.84. The topological polar surface area (TPSA) is 81.2 Å². The Bertz CT molecular complexity index is 1760. The van der Waals surface area contributed by atoms with Gasteiger partial charge in [0.05, 0.1) is 26.8 Å². The molecule has 0 fully saturated rings. The fraction of sp³-hybridized carbons (Fsp3) is 0.188. The fourth-order valence-electron chi connectivity index (χ4n) is 5.14. The smallest absolute Gasteiger partial charge is 0.340 e. The quantitative estimate of drug-likeness (QED) is 0.156. The molecule has 0 radical (unpaired) electrons. The molecule has 0 aliphatic heterocycles. The zero-order chi connectivity index (χ0) is 28.3. The molecule has 41 heavy (non-hydrogen) atoms. The number of para-hydroxylation sites is 1. The fourth-order valence-corrected chi connectivity index (χ4v) is 6.16. The number of benzene rings is 3. The summed E-state index contributed by atoms with van der Waals surface area (Å²) in [5.41, 5.74) is 5.08. The van der Waals surface area contributed by atoms with Gasteiger partial charge in [0.15, 0.2) is 5.13 Å². The molecule has 3 aromatic carbocycles. The Morgan fingerprint density at radius 1 is 0.878 bits per heavy atom. The normalized spacial score (nSPS) is 13.7. The van der Waals surface area contributed by atoms with Crippen LogP contribution in [0.5, 0.6) is 0 Å². The number of nitrogens with one attached hydrogen (secondary N) is 1. The van der Waals surface area contributed by atoms with Gasteiger partial charge in [-0.25, -0.2) is 9.78 Å². The molecule has 6 nitrogen and oxygen atoms in total. The Kier molecular flexibility index (Phi) is 8.01. The number of rotatable bonds is 6. The first kappa shape index (κ1) is 27.4. The molecule has 0 unspecified atom stereocenters. The van der Waals surface area contributed by atoms with Crippen molar-refractivity contribution in [1.82, 2.24) is 9.97 Å². The van der Waals surface area contributed by atoms with Crippen LogP contribution in [0.3, 0.4) is 0 Å². The number of ether oxygens (including phenoxy) is 1. The zero-order valence-electron chi connectivity index (χ0n) is 21.9. The van der Waals surface area contributed by atoms with Gasteiger partial charge in [-0.05, 0) is 49.4 Å². The number of thiazole rings is 1. The third-order valence-corrected chi connectivity index (χ3v) is 8.64. The number of hydrogen-bond acceptors (Lipinski definition) is 6. The van der Waals surface area contributed by atoms with Crippen molar-refractivity contribution in [1.29, 1.82) is 0 Å². The van der Waals surface area contributed by atoms with Gasteiger partial charge in [-0.3, -0.25) is 15.1 Å². The Morgan fingerprint density at radius 3 is 2.49 bits per heavy atom. The number of nitrogens with zero attached hydrogens (tertiary/aromatic N) is 2. The maximum atomic E-state index is 14.0. The number of hydrogen-bond donors (Lipinski definition) is 1. The largest absolute Gasteiger partial charge is 0.444 e. The van der Waals surface area contributed by atoms with E-state index in [4.69, 9.17) is 32.9 Å². The predicted molar refractivity (Wildman–Crippen MR) is 164 cm³/mol. The van der Waals surface area contributed by atoms with E-state index in [-0.39, 0.29) is 0 Å². The number of anilines is 1. The van der Waals surface area contributed by atoms with E-state index in [0.717, 1.165) is 59.8 Å². The average molecular weight is 603 g/mol. The van der Waals surface area contributed by atoms with Crippen molar-refractivity contribution in [2.24, 2.45) is 0 Å². The van der Waals surface area contributed by atoms with Crippen molar-refractivity contribution in [2.45, 2.75) is 38.2 Å². The van der Waals surface area contributed by atoms with Gasteiger partial charge in [-0.1, -0.05) is 84.2 Å². The Morgan fingerprint density at radius 2 is 1.66 bits per heavy atom. The van der Waals surface area contributed by atoms with Crippen LogP contribution in [-0.2, 0) is 22.4 Å². The van der Waals surface area contributed by atoms with Crippen molar-refractivity contribution in [3.8, 4) is 11.3 Å². The maximum absolute atomic E-state index is 14.0. The molecular weight excluding hydrogens is 577 g/mol. The second kappa shape index (κ2) is 12.0. The number of fused-ring (bicyclic) bond motifs is 2. The summed E-state index contributed by atoms with van der Waals surface area (Å²) in [4.78, 5) is 37.0. The first-order valence-electron chi connectivity index (χ1n) is 13.4. The standard InChI is InChI=1S/C32H25Cl2N3O3S/c33-23-16-15-20(17-24(23)34)27-18-41-32(36-27)37-30(38)29(19-9-3-1-4-10-19)40-31(39)28-21-11-5-2-6-13-25(21)35-26-14-8-7-12-22(26)28/h1,3-4,7-10,12,14-18,29H,2,5-6,11,13H2,(H,36,37,38)/t29-/m0/s1. The van der Waals surface area contributed by atoms with Crippen molar-refractivity contribution in [2.75, 3.05) is 5.32 Å². The van der Waals surface area contributed by atoms with E-state index < -0.39 is 18.0 Å². The van der Waals surface area contributed by atoms with Crippen LogP contribution in [0.1, 0.15) is 52.5 Å². The lowest BCUT2D eigenvalue weighted by molar-refractivity contribution is -0.125. The van der Waals surface area contributed by atoms with E-state index in [2.05, 4.69) is 10.3 Å². The number of pyridine rings is 1. The molecule has 0 saturated carbocycles. The SMILES string of the molecule is O=C(O[C@H](C(=O)Nc1nc(-c2ccc(Cl)c(Cl)c2)cs1)c1ccccc1)c1c2c(nc3ccccc13)CCCCC2. The van der Waals surface area contributed by atoms with Crippen LogP contribution >= 0.6 is 34.5 Å². The van der Waals surface area contributed by atoms with Crippen molar-refractivity contribution < 1.29 is 14.3 Å². The molecular formula is C32H25Cl2N3O3S. The van der Waals surface area contributed by atoms with Crippen LogP contribution in [0.4, 0.5) is 5.13 Å². The van der Waals surface area contributed by atoms with Gasteiger partial charge < -0.3 is 4.74 Å². The molecule has 1 aliphatic rings. The second-order valence-electron chi connectivity index (χ2n) is 9.84. The zero-order valence-corrected chi connectivity index (χ0v) is 24.2. The molecule has 9 heteroatoms. The Balaban J connectivity index is 1.32. The lowest BCUT2D eigenvalue weighted by atomic mass is 9.97. The number of esters is 1. The molecule has 5 aromatic rings. The van der Waals surface area contributed by atoms with E-state index in [1.807, 2.05) is 53.9 Å². The van der Waals surface area contributed by atoms with Crippen LogP contribution in [-0.4, -0.2) is 21.8 Å². The number of amides is 1. The van der Waals surface area contributed by atoms with Gasteiger partial charge >= 0.3 is 5.97 Å². The first-order valence-corrected chi connectivity index (χ1v) is 15.0. The second-order valence-corrected chi connectivity index (χ2v) is 11.5. The predicted octanol–water partition coefficient (Wildman–Crippen LogP) is 8.47. The van der Waals surface area contributed by atoms with Gasteiger partial charge in [0.25, 0.3) is 5.91 Å². The van der Waals surface area contributed by atoms with Gasteiger partial charge in [-0.15, -0.1) is 11.3 Å². The van der Waals surface area contributed by atoms with Crippen LogP contribution in [0.2, 0.25) is 10.0 Å². The monoisotopic (exact) mass is 601 g/mol. The summed E-state index contributed by atoms with van der Waals surface area (Å²) in [5, 5.41) is 6.63. The molecule has 1 amide bonds. The Labute approximate surface area is 251 Å². The summed E-state index contributed by atoms with van der Waals surface area (Å²) >= 11 is 13.5. The number of halogens is 2. The molecule has 1 N–H and O–H groups in total. The highest BCUT2D eigenvalue weighted by molar-refractivity contribution is 7.14. The van der Waals surface area contributed by atoms with Crippen LogP contribution in [0, 0.1) is 0 Å². The van der Waals surface area contributed by atoms with Gasteiger partial charge in [0.2, 0.25) is 6.10 Å². The average Bonchev–Trinajstić information content (AvgIpc) is 3.32. The maximum Gasteiger partial charge on any atom is 0.340 e. The Hall–Kier alpha value is -3.78. The molecule has 0 spiro atoms. The molecule has 2 aromatic heterocycles. The lowest BCUT2D eigenvalue weighted by Gasteiger charge is -2.20. The molecule has 6 rings (SSSR count). The first-order chi connectivity index (χ1) is 20.0. The van der Waals surface area contributed by atoms with Gasteiger partial charge in [0.1, 0.15) is 0 Å². The number of aromatic nitrogens is 2. The summed E-state index contributed by atoms with van der Waals surface area (Å²) in [7, 11) is 0. The van der Waals surface area contributed by atoms with Crippen molar-refractivity contribution in [3.63, 3.8) is 0 Å². The minimum atomic E-state index is -1.19. The van der Waals surface area contributed by atoms with Crippen LogP contribution in [0.15, 0.2) is 78.2 Å². The molecule has 1 aliphatic carbocycles. The van der Waals surface area contributed by atoms with Gasteiger partial charge in [-0.2, -0.15) is 0 Å². The molecule has 0 saturated heterocycles. The van der Waals surface area contributed by atoms with Gasteiger partial charge in [0, 0.05) is 27.6 Å². The minimum absolute atomic E-state index is 0.372. The summed E-state index contributed by atoms with van der Waals surface area (Å²) < 4.78 is 6.06. The molecule has 0 bridgehead atoms. The summed E-state index contributed by atoms with van der Waals surface area (Å²) in [6.45, 7) is 0. The summed E-state index contributed by atoms with van der Waals surface area (Å²) in [5.74, 6) is -1.04. The number of aryl methyl sites for hydroxylation is 1. The lowest BCUT2D eigenvalue weighted by Crippen LogP contribution is -2.26. The minimum Gasteiger partial charge on any atom is -0.444 e. The number of carbonyl (C=O) groups excluding carboxylic acids is 2. The summed E-state index contributed by atoms with van der Waals surface area (Å²) in [6, 6.07) is 21.8. The van der Waals surface area contributed by atoms with E-state index >= 15 is 0 Å². The van der Waals surface area contributed by atoms with E-state index in [1.165, 1.54) is 11.3 Å². The van der Waals surface area contributed by atoms with E-state index in [1.54, 1.807) is 24.3 Å². The van der Waals surface area contributed by atoms with Crippen molar-refractivity contribution in [3.05, 3.63) is 111 Å². The number of carbonyl (C=O) groups is 2.